The average Bonchev–Trinajstić information content (AvgIpc) is 2.59. The van der Waals surface area contributed by atoms with E-state index in [9.17, 15) is 9.18 Å². The van der Waals surface area contributed by atoms with Gasteiger partial charge in [-0.2, -0.15) is 0 Å². The molecular weight excluding hydrogens is 317 g/mol. The normalized spacial score (nSPS) is 10.3. The Bertz CT molecular complexity index is 861. The van der Waals surface area contributed by atoms with Gasteiger partial charge in [-0.3, -0.25) is 4.79 Å². The molecule has 0 aliphatic carbocycles. The second-order valence-corrected chi connectivity index (χ2v) is 5.78. The van der Waals surface area contributed by atoms with Crippen molar-refractivity contribution < 1.29 is 9.18 Å². The monoisotopic (exact) mass is 335 g/mol. The van der Waals surface area contributed by atoms with Crippen molar-refractivity contribution in [3.05, 3.63) is 83.8 Å². The first-order valence-corrected chi connectivity index (χ1v) is 7.92. The van der Waals surface area contributed by atoms with Gasteiger partial charge in [0, 0.05) is 5.69 Å². The third kappa shape index (κ3) is 4.88. The van der Waals surface area contributed by atoms with Crippen molar-refractivity contribution in [1.29, 1.82) is 0 Å². The van der Waals surface area contributed by atoms with E-state index >= 15 is 0 Å². The van der Waals surface area contributed by atoms with Gasteiger partial charge >= 0.3 is 0 Å². The van der Waals surface area contributed by atoms with Gasteiger partial charge in [0.1, 0.15) is 11.6 Å². The molecule has 0 radical (unpaired) electrons. The molecule has 4 nitrogen and oxygen atoms in total. The van der Waals surface area contributed by atoms with Crippen LogP contribution in [0.5, 0.6) is 0 Å². The van der Waals surface area contributed by atoms with Crippen LogP contribution >= 0.6 is 0 Å². The first-order chi connectivity index (χ1) is 12.1. The fraction of sp³-hybridized carbons (Fsp3) is 0.100. The van der Waals surface area contributed by atoms with Gasteiger partial charge in [-0.15, -0.1) is 0 Å². The molecule has 0 aliphatic heterocycles. The van der Waals surface area contributed by atoms with Gasteiger partial charge in [-0.25, -0.2) is 9.37 Å². The largest absolute Gasteiger partial charge is 0.354 e. The van der Waals surface area contributed by atoms with Gasteiger partial charge in [0.15, 0.2) is 0 Å². The minimum Gasteiger partial charge on any atom is -0.354 e. The van der Waals surface area contributed by atoms with Gasteiger partial charge in [-0.05, 0) is 48.9 Å². The number of aryl methyl sites for hydroxylation is 1. The number of amides is 1. The highest BCUT2D eigenvalue weighted by Gasteiger charge is 2.06. The van der Waals surface area contributed by atoms with Gasteiger partial charge in [0.05, 0.1) is 18.3 Å². The molecule has 2 N–H and O–H groups in total. The first kappa shape index (κ1) is 16.6. The molecule has 1 aromatic heterocycles. The number of anilines is 3. The maximum absolute atomic E-state index is 13.1. The lowest BCUT2D eigenvalue weighted by atomic mass is 10.1. The van der Waals surface area contributed by atoms with Crippen LogP contribution in [0.2, 0.25) is 0 Å². The van der Waals surface area contributed by atoms with Crippen LogP contribution in [0.1, 0.15) is 11.1 Å². The van der Waals surface area contributed by atoms with E-state index < -0.39 is 0 Å². The first-order valence-electron chi connectivity index (χ1n) is 7.92. The summed E-state index contributed by atoms with van der Waals surface area (Å²) in [5.41, 5.74) is 3.61. The highest BCUT2D eigenvalue weighted by Crippen LogP contribution is 2.17. The molecule has 0 saturated carbocycles. The third-order valence-electron chi connectivity index (χ3n) is 3.62. The van der Waals surface area contributed by atoms with Crippen molar-refractivity contribution >= 4 is 23.1 Å². The number of benzene rings is 2. The minimum absolute atomic E-state index is 0.100. The Hall–Kier alpha value is -3.21. The minimum atomic E-state index is -0.352. The SMILES string of the molecule is Cc1ccc(Nc2ccc(NC(=O)Cc3cccc(F)c3)nc2)cc1. The van der Waals surface area contributed by atoms with Crippen LogP contribution in [0.3, 0.4) is 0 Å². The predicted molar refractivity (Wildman–Crippen MR) is 97.4 cm³/mol. The molecule has 25 heavy (non-hydrogen) atoms. The fourth-order valence-electron chi connectivity index (χ4n) is 2.36. The lowest BCUT2D eigenvalue weighted by Gasteiger charge is -2.08. The molecule has 3 rings (SSSR count). The molecule has 1 heterocycles. The molecule has 0 spiro atoms. The van der Waals surface area contributed by atoms with Gasteiger partial charge < -0.3 is 10.6 Å². The number of rotatable bonds is 5. The summed E-state index contributed by atoms with van der Waals surface area (Å²) in [6, 6.07) is 17.6. The summed E-state index contributed by atoms with van der Waals surface area (Å²) in [4.78, 5) is 16.2. The summed E-state index contributed by atoms with van der Waals surface area (Å²) in [7, 11) is 0. The van der Waals surface area contributed by atoms with Gasteiger partial charge in [-0.1, -0.05) is 29.8 Å². The molecule has 126 valence electrons. The molecular formula is C20H18FN3O. The van der Waals surface area contributed by atoms with E-state index in [1.165, 1.54) is 17.7 Å². The van der Waals surface area contributed by atoms with Crippen LogP contribution in [0, 0.1) is 12.7 Å². The number of nitrogens with zero attached hydrogens (tertiary/aromatic N) is 1. The predicted octanol–water partition coefficient (Wildman–Crippen LogP) is 4.45. The summed E-state index contributed by atoms with van der Waals surface area (Å²) in [5, 5.41) is 5.95. The summed E-state index contributed by atoms with van der Waals surface area (Å²) in [5.74, 6) is -0.136. The summed E-state index contributed by atoms with van der Waals surface area (Å²) >= 11 is 0. The van der Waals surface area contributed by atoms with Crippen LogP contribution in [-0.4, -0.2) is 10.9 Å². The van der Waals surface area contributed by atoms with Crippen molar-refractivity contribution in [2.45, 2.75) is 13.3 Å². The third-order valence-corrected chi connectivity index (χ3v) is 3.62. The number of nitrogens with one attached hydrogen (secondary N) is 2. The fourth-order valence-corrected chi connectivity index (χ4v) is 2.36. The number of aromatic nitrogens is 1. The molecule has 0 bridgehead atoms. The molecule has 5 heteroatoms. The van der Waals surface area contributed by atoms with E-state index in [1.54, 1.807) is 24.4 Å². The number of hydrogen-bond donors (Lipinski definition) is 2. The van der Waals surface area contributed by atoms with E-state index in [0.29, 0.717) is 11.4 Å². The van der Waals surface area contributed by atoms with E-state index in [4.69, 9.17) is 0 Å². The smallest absolute Gasteiger partial charge is 0.229 e. The average molecular weight is 335 g/mol. The molecule has 0 aliphatic rings. The Morgan fingerprint density at radius 1 is 1.04 bits per heavy atom. The van der Waals surface area contributed by atoms with E-state index in [-0.39, 0.29) is 18.1 Å². The molecule has 2 aromatic carbocycles. The molecule has 0 unspecified atom stereocenters. The number of carbonyl (C=O) groups excluding carboxylic acids is 1. The molecule has 0 saturated heterocycles. The Kier molecular flexibility index (Phi) is 5.04. The van der Waals surface area contributed by atoms with Gasteiger partial charge in [0.2, 0.25) is 5.91 Å². The molecule has 3 aromatic rings. The lowest BCUT2D eigenvalue weighted by Crippen LogP contribution is -2.15. The number of hydrogen-bond acceptors (Lipinski definition) is 3. The number of carbonyl (C=O) groups is 1. The Labute approximate surface area is 145 Å². The van der Waals surface area contributed by atoms with Gasteiger partial charge in [0.25, 0.3) is 0 Å². The number of pyridine rings is 1. The van der Waals surface area contributed by atoms with Crippen molar-refractivity contribution in [2.75, 3.05) is 10.6 Å². The lowest BCUT2D eigenvalue weighted by molar-refractivity contribution is -0.115. The van der Waals surface area contributed by atoms with E-state index in [0.717, 1.165) is 11.4 Å². The highest BCUT2D eigenvalue weighted by atomic mass is 19.1. The van der Waals surface area contributed by atoms with Crippen molar-refractivity contribution in [1.82, 2.24) is 4.98 Å². The van der Waals surface area contributed by atoms with Crippen LogP contribution in [0.4, 0.5) is 21.6 Å². The topological polar surface area (TPSA) is 54.0 Å². The number of halogens is 1. The second-order valence-electron chi connectivity index (χ2n) is 5.78. The van der Waals surface area contributed by atoms with Crippen LogP contribution in [-0.2, 0) is 11.2 Å². The van der Waals surface area contributed by atoms with E-state index in [1.807, 2.05) is 37.3 Å². The summed E-state index contributed by atoms with van der Waals surface area (Å²) in [6.07, 6.45) is 1.75. The van der Waals surface area contributed by atoms with Crippen LogP contribution in [0.25, 0.3) is 0 Å². The molecule has 0 atom stereocenters. The Morgan fingerprint density at radius 3 is 2.48 bits per heavy atom. The second kappa shape index (κ2) is 7.57. The quantitative estimate of drug-likeness (QED) is 0.724. The Balaban J connectivity index is 1.58. The summed E-state index contributed by atoms with van der Waals surface area (Å²) in [6.45, 7) is 2.03. The molecule has 0 fully saturated rings. The van der Waals surface area contributed by atoms with E-state index in [2.05, 4.69) is 15.6 Å². The van der Waals surface area contributed by atoms with Crippen molar-refractivity contribution in [2.24, 2.45) is 0 Å². The zero-order valence-corrected chi connectivity index (χ0v) is 13.8. The zero-order valence-electron chi connectivity index (χ0n) is 13.8. The molecule has 1 amide bonds. The standard InChI is InChI=1S/C20H18FN3O/c1-14-5-7-17(8-6-14)23-18-9-10-19(22-13-18)24-20(25)12-15-3-2-4-16(21)11-15/h2-11,13,23H,12H2,1H3,(H,22,24,25). The van der Waals surface area contributed by atoms with Crippen LogP contribution < -0.4 is 10.6 Å². The Morgan fingerprint density at radius 2 is 1.80 bits per heavy atom. The van der Waals surface area contributed by atoms with Crippen molar-refractivity contribution in [3.63, 3.8) is 0 Å². The van der Waals surface area contributed by atoms with Crippen LogP contribution in [0.15, 0.2) is 66.9 Å². The van der Waals surface area contributed by atoms with Crippen molar-refractivity contribution in [3.8, 4) is 0 Å². The maximum Gasteiger partial charge on any atom is 0.229 e. The summed E-state index contributed by atoms with van der Waals surface area (Å²) < 4.78 is 13.1. The highest BCUT2D eigenvalue weighted by molar-refractivity contribution is 5.91. The zero-order chi connectivity index (χ0) is 17.6. The maximum atomic E-state index is 13.1.